The van der Waals surface area contributed by atoms with Crippen molar-refractivity contribution in [1.82, 2.24) is 10.2 Å². The molecule has 0 spiro atoms. The average Bonchev–Trinajstić information content (AvgIpc) is 2.55. The number of piperazine rings is 1. The molecular weight excluding hydrogens is 331 g/mol. The summed E-state index contributed by atoms with van der Waals surface area (Å²) in [4.78, 5) is 26.9. The summed E-state index contributed by atoms with van der Waals surface area (Å²) < 4.78 is 13.0. The molecule has 5 heteroatoms. The van der Waals surface area contributed by atoms with Crippen molar-refractivity contribution >= 4 is 11.8 Å². The Bertz CT molecular complexity index is 701. The highest BCUT2D eigenvalue weighted by molar-refractivity contribution is 5.98. The van der Waals surface area contributed by atoms with Crippen molar-refractivity contribution in [2.75, 3.05) is 6.54 Å². The second-order valence-electron chi connectivity index (χ2n) is 7.69. The second-order valence-corrected chi connectivity index (χ2v) is 7.69. The number of carbonyl (C=O) groups excluding carboxylic acids is 2. The second kappa shape index (κ2) is 8.84. The van der Waals surface area contributed by atoms with Crippen LogP contribution >= 0.6 is 0 Å². The van der Waals surface area contributed by atoms with Crippen molar-refractivity contribution in [2.45, 2.75) is 52.6 Å². The summed E-state index contributed by atoms with van der Waals surface area (Å²) >= 11 is 0. The third-order valence-corrected chi connectivity index (χ3v) is 4.31. The zero-order valence-corrected chi connectivity index (χ0v) is 15.9. The number of carbonyl (C=O) groups is 2. The molecule has 0 saturated carbocycles. The van der Waals surface area contributed by atoms with Gasteiger partial charge in [-0.05, 0) is 48.9 Å². The highest BCUT2D eigenvalue weighted by atomic mass is 19.1. The number of hydrogen-bond donors (Lipinski definition) is 1. The molecule has 0 unspecified atom stereocenters. The molecule has 1 saturated heterocycles. The lowest BCUT2D eigenvalue weighted by atomic mass is 9.95. The van der Waals surface area contributed by atoms with Crippen LogP contribution in [0.15, 0.2) is 24.3 Å². The number of nitrogens with zero attached hydrogens (tertiary/aromatic N) is 1. The molecule has 2 atom stereocenters. The fourth-order valence-electron chi connectivity index (χ4n) is 3.19. The summed E-state index contributed by atoms with van der Waals surface area (Å²) in [6, 6.07) is 5.14. The molecule has 2 rings (SSSR count). The Morgan fingerprint density at radius 2 is 1.81 bits per heavy atom. The van der Waals surface area contributed by atoms with Gasteiger partial charge in [0.25, 0.3) is 5.91 Å². The third-order valence-electron chi connectivity index (χ3n) is 4.31. The molecule has 0 aromatic heterocycles. The molecule has 140 valence electrons. The van der Waals surface area contributed by atoms with Crippen molar-refractivity contribution in [1.29, 1.82) is 0 Å². The molecule has 1 heterocycles. The molecule has 2 amide bonds. The predicted octanol–water partition coefficient (Wildman–Crippen LogP) is 2.97. The van der Waals surface area contributed by atoms with E-state index in [1.54, 1.807) is 4.90 Å². The van der Waals surface area contributed by atoms with Crippen molar-refractivity contribution < 1.29 is 14.0 Å². The van der Waals surface area contributed by atoms with E-state index in [1.807, 2.05) is 13.8 Å². The topological polar surface area (TPSA) is 49.4 Å². The molecule has 0 aliphatic carbocycles. The van der Waals surface area contributed by atoms with Gasteiger partial charge in [-0.1, -0.05) is 33.6 Å². The van der Waals surface area contributed by atoms with Crippen molar-refractivity contribution in [3.63, 3.8) is 0 Å². The Balaban J connectivity index is 2.20. The lowest BCUT2D eigenvalue weighted by Gasteiger charge is -2.39. The molecule has 26 heavy (non-hydrogen) atoms. The quantitative estimate of drug-likeness (QED) is 0.842. The Morgan fingerprint density at radius 1 is 1.19 bits per heavy atom. The summed E-state index contributed by atoms with van der Waals surface area (Å²) in [7, 11) is 0. The first-order valence-corrected chi connectivity index (χ1v) is 9.14. The molecular formula is C21H27FN2O2. The fraction of sp³-hybridized carbons (Fsp3) is 0.524. The highest BCUT2D eigenvalue weighted by Gasteiger charge is 2.37. The molecule has 1 aromatic carbocycles. The van der Waals surface area contributed by atoms with Crippen LogP contribution in [0.5, 0.6) is 0 Å². The first-order valence-electron chi connectivity index (χ1n) is 9.14. The highest BCUT2D eigenvalue weighted by Crippen LogP contribution is 2.19. The summed E-state index contributed by atoms with van der Waals surface area (Å²) in [5.74, 6) is 5.29. The molecule has 4 nitrogen and oxygen atoms in total. The van der Waals surface area contributed by atoms with Gasteiger partial charge >= 0.3 is 0 Å². The van der Waals surface area contributed by atoms with Crippen LogP contribution < -0.4 is 5.32 Å². The van der Waals surface area contributed by atoms with Crippen LogP contribution in [0.1, 0.15) is 46.1 Å². The van der Waals surface area contributed by atoms with Crippen LogP contribution in [0.25, 0.3) is 0 Å². The van der Waals surface area contributed by atoms with E-state index in [2.05, 4.69) is 31.0 Å². The number of amides is 2. The maximum absolute atomic E-state index is 13.0. The Hall–Kier alpha value is -2.35. The summed E-state index contributed by atoms with van der Waals surface area (Å²) in [6.07, 6.45) is 1.42. The monoisotopic (exact) mass is 358 g/mol. The smallest absolute Gasteiger partial charge is 0.299 e. The largest absolute Gasteiger partial charge is 0.350 e. The number of benzene rings is 1. The Labute approximate surface area is 155 Å². The van der Waals surface area contributed by atoms with Crippen LogP contribution in [-0.4, -0.2) is 35.3 Å². The maximum Gasteiger partial charge on any atom is 0.299 e. The lowest BCUT2D eigenvalue weighted by molar-refractivity contribution is -0.142. The lowest BCUT2D eigenvalue weighted by Crippen LogP contribution is -2.61. The molecule has 0 radical (unpaired) electrons. The van der Waals surface area contributed by atoms with Gasteiger partial charge in [-0.2, -0.15) is 0 Å². The van der Waals surface area contributed by atoms with Crippen molar-refractivity contribution in [3.8, 4) is 11.8 Å². The van der Waals surface area contributed by atoms with Crippen LogP contribution in [-0.2, 0) is 9.59 Å². The van der Waals surface area contributed by atoms with E-state index >= 15 is 0 Å². The van der Waals surface area contributed by atoms with Crippen LogP contribution in [0.4, 0.5) is 4.39 Å². The minimum Gasteiger partial charge on any atom is -0.350 e. The SMILES string of the molecule is CC(C)C[C@H]1CN(C(=O)C#Cc2ccc(F)cc2)[C@@H](CC(C)C)C(=O)N1. The first-order chi connectivity index (χ1) is 12.3. The van der Waals surface area contributed by atoms with E-state index in [0.29, 0.717) is 24.4 Å². The van der Waals surface area contributed by atoms with Gasteiger partial charge in [-0.15, -0.1) is 0 Å². The number of halogens is 1. The minimum absolute atomic E-state index is 0.0533. The summed E-state index contributed by atoms with van der Waals surface area (Å²) in [5.41, 5.74) is 0.570. The van der Waals surface area contributed by atoms with Crippen molar-refractivity contribution in [3.05, 3.63) is 35.6 Å². The van der Waals surface area contributed by atoms with E-state index in [0.717, 1.165) is 6.42 Å². The zero-order chi connectivity index (χ0) is 19.3. The van der Waals surface area contributed by atoms with E-state index in [-0.39, 0.29) is 29.6 Å². The van der Waals surface area contributed by atoms with E-state index in [9.17, 15) is 14.0 Å². The molecule has 1 aromatic rings. The summed E-state index contributed by atoms with van der Waals surface area (Å²) in [5, 5.41) is 3.05. The Kier molecular flexibility index (Phi) is 6.79. The van der Waals surface area contributed by atoms with E-state index < -0.39 is 6.04 Å². The van der Waals surface area contributed by atoms with Gasteiger partial charge < -0.3 is 10.2 Å². The summed E-state index contributed by atoms with van der Waals surface area (Å²) in [6.45, 7) is 8.71. The first kappa shape index (κ1) is 20.0. The number of nitrogens with one attached hydrogen (secondary N) is 1. The molecule has 0 bridgehead atoms. The van der Waals surface area contributed by atoms with Crippen LogP contribution in [0.3, 0.4) is 0 Å². The number of hydrogen-bond acceptors (Lipinski definition) is 2. The third kappa shape index (κ3) is 5.59. The van der Waals surface area contributed by atoms with E-state index in [4.69, 9.17) is 0 Å². The van der Waals surface area contributed by atoms with E-state index in [1.165, 1.54) is 24.3 Å². The normalized spacial score (nSPS) is 20.0. The van der Waals surface area contributed by atoms with Gasteiger partial charge in [-0.25, -0.2) is 4.39 Å². The van der Waals surface area contributed by atoms with Gasteiger partial charge in [-0.3, -0.25) is 9.59 Å². The van der Waals surface area contributed by atoms with Gasteiger partial charge in [0.1, 0.15) is 11.9 Å². The van der Waals surface area contributed by atoms with Gasteiger partial charge in [0.15, 0.2) is 0 Å². The fourth-order valence-corrected chi connectivity index (χ4v) is 3.19. The zero-order valence-electron chi connectivity index (χ0n) is 15.9. The molecule has 1 fully saturated rings. The molecule has 1 aliphatic rings. The standard InChI is InChI=1S/C21H27FN2O2/c1-14(2)11-18-13-24(19(12-15(3)4)21(26)23-18)20(25)10-7-16-5-8-17(22)9-6-16/h5-6,8-9,14-15,18-19H,11-13H2,1-4H3,(H,23,26)/t18-,19-/m0/s1. The maximum atomic E-state index is 13.0. The van der Waals surface area contributed by atoms with Crippen LogP contribution in [0, 0.1) is 29.5 Å². The van der Waals surface area contributed by atoms with Crippen molar-refractivity contribution in [2.24, 2.45) is 11.8 Å². The Morgan fingerprint density at radius 3 is 2.38 bits per heavy atom. The van der Waals surface area contributed by atoms with Crippen LogP contribution in [0.2, 0.25) is 0 Å². The minimum atomic E-state index is -0.492. The average molecular weight is 358 g/mol. The molecule has 1 aliphatic heterocycles. The molecule has 1 N–H and O–H groups in total. The number of rotatable bonds is 4. The predicted molar refractivity (Wildman–Crippen MR) is 99.6 cm³/mol. The van der Waals surface area contributed by atoms with Gasteiger partial charge in [0.2, 0.25) is 5.91 Å². The van der Waals surface area contributed by atoms with Gasteiger partial charge in [0.05, 0.1) is 0 Å². The van der Waals surface area contributed by atoms with Gasteiger partial charge in [0, 0.05) is 24.1 Å².